The van der Waals surface area contributed by atoms with Crippen LogP contribution in [0.15, 0.2) is 11.5 Å². The molecule has 0 amide bonds. The Labute approximate surface area is 145 Å². The van der Waals surface area contributed by atoms with E-state index in [1.807, 2.05) is 0 Å². The highest BCUT2D eigenvalue weighted by atomic mass is 16.6. The molecule has 0 aromatic heterocycles. The van der Waals surface area contributed by atoms with Crippen molar-refractivity contribution < 1.29 is 65.0 Å². The summed E-state index contributed by atoms with van der Waals surface area (Å²) < 4.78 is 8.83. The molecule has 0 bridgehead atoms. The van der Waals surface area contributed by atoms with E-state index in [9.17, 15) is 40.2 Å². The van der Waals surface area contributed by atoms with E-state index in [2.05, 4.69) is 9.47 Å². The van der Waals surface area contributed by atoms with Gasteiger partial charge in [0.25, 0.3) is 0 Å². The predicted molar refractivity (Wildman–Crippen MR) is 76.2 cm³/mol. The average molecular weight is 384 g/mol. The Kier molecular flexibility index (Phi) is 7.70. The molecular weight excluding hydrogens is 364 g/mol. The van der Waals surface area contributed by atoms with Crippen molar-refractivity contribution in [3.63, 3.8) is 0 Å². The minimum atomic E-state index is -2.42. The van der Waals surface area contributed by atoms with Crippen molar-refractivity contribution in [2.75, 3.05) is 13.2 Å². The van der Waals surface area contributed by atoms with Crippen LogP contribution in [0.5, 0.6) is 0 Å². The molecule has 0 unspecified atom stereocenters. The number of carbonyl (C=O) groups is 2. The summed E-state index contributed by atoms with van der Waals surface area (Å²) in [5.41, 5.74) is 0. The third-order valence-electron chi connectivity index (χ3n) is 3.53. The number of carbonyl (C=O) groups excluding carboxylic acids is 2. The highest BCUT2D eigenvalue weighted by Crippen LogP contribution is 2.21. The Morgan fingerprint density at radius 1 is 1.04 bits per heavy atom. The van der Waals surface area contributed by atoms with Crippen molar-refractivity contribution >= 4 is 11.9 Å². The van der Waals surface area contributed by atoms with Gasteiger partial charge in [-0.3, -0.25) is 0 Å². The van der Waals surface area contributed by atoms with Gasteiger partial charge in [-0.25, -0.2) is 9.59 Å². The van der Waals surface area contributed by atoms with Gasteiger partial charge in [-0.05, 0) is 0 Å². The standard InChI is InChI=1S/C13H20O13/c14-1-3(15)5(17)6(18)7(19)9(21)12(23)25-2-4(16)11-8(20)10(22)13(24)26-11/h3-7,9,11,14-22H,1-2H2/t3-,4-,5+,6+,7-,9+,11-/m1/s1. The molecule has 7 atom stereocenters. The van der Waals surface area contributed by atoms with Crippen LogP contribution in [-0.2, 0) is 19.1 Å². The van der Waals surface area contributed by atoms with E-state index in [1.54, 1.807) is 0 Å². The Balaban J connectivity index is 2.58. The summed E-state index contributed by atoms with van der Waals surface area (Å²) in [5, 5.41) is 84.0. The summed E-state index contributed by atoms with van der Waals surface area (Å²) in [6.07, 6.45) is -14.5. The molecule has 0 saturated carbocycles. The normalized spacial score (nSPS) is 24.4. The maximum absolute atomic E-state index is 11.6. The highest BCUT2D eigenvalue weighted by Gasteiger charge is 2.41. The van der Waals surface area contributed by atoms with Crippen molar-refractivity contribution in [2.24, 2.45) is 0 Å². The summed E-state index contributed by atoms with van der Waals surface area (Å²) in [6.45, 7) is -1.92. The van der Waals surface area contributed by atoms with Crippen LogP contribution in [0.2, 0.25) is 0 Å². The van der Waals surface area contributed by atoms with E-state index < -0.39 is 79.4 Å². The van der Waals surface area contributed by atoms with Gasteiger partial charge in [-0.2, -0.15) is 0 Å². The van der Waals surface area contributed by atoms with Crippen LogP contribution < -0.4 is 0 Å². The summed E-state index contributed by atoms with van der Waals surface area (Å²) in [7, 11) is 0. The lowest BCUT2D eigenvalue weighted by atomic mass is 9.99. The molecule has 1 aliphatic heterocycles. The van der Waals surface area contributed by atoms with E-state index in [0.717, 1.165) is 0 Å². The molecular formula is C13H20O13. The summed E-state index contributed by atoms with van der Waals surface area (Å²) in [6, 6.07) is 0. The molecule has 26 heavy (non-hydrogen) atoms. The van der Waals surface area contributed by atoms with Gasteiger partial charge in [0.05, 0.1) is 6.61 Å². The molecule has 1 heterocycles. The van der Waals surface area contributed by atoms with Crippen molar-refractivity contribution in [1.82, 2.24) is 0 Å². The number of aliphatic hydroxyl groups is 9. The largest absolute Gasteiger partial charge is 0.505 e. The first-order chi connectivity index (χ1) is 12.0. The summed E-state index contributed by atoms with van der Waals surface area (Å²) in [5.74, 6) is -5.00. The molecule has 0 aromatic rings. The first kappa shape index (κ1) is 22.0. The highest BCUT2D eigenvalue weighted by molar-refractivity contribution is 5.89. The monoisotopic (exact) mass is 384 g/mol. The molecule has 150 valence electrons. The van der Waals surface area contributed by atoms with Gasteiger partial charge < -0.3 is 55.4 Å². The van der Waals surface area contributed by atoms with Crippen LogP contribution in [0.25, 0.3) is 0 Å². The van der Waals surface area contributed by atoms with Crippen LogP contribution in [0, 0.1) is 0 Å². The third kappa shape index (κ3) is 4.79. The lowest BCUT2D eigenvalue weighted by Crippen LogP contribution is -2.52. The maximum atomic E-state index is 11.6. The van der Waals surface area contributed by atoms with Gasteiger partial charge in [-0.1, -0.05) is 0 Å². The van der Waals surface area contributed by atoms with Crippen LogP contribution >= 0.6 is 0 Å². The number of cyclic esters (lactones) is 1. The van der Waals surface area contributed by atoms with Crippen molar-refractivity contribution in [1.29, 1.82) is 0 Å². The minimum Gasteiger partial charge on any atom is -0.505 e. The Bertz CT molecular complexity index is 546. The fraction of sp³-hybridized carbons (Fsp3) is 0.692. The van der Waals surface area contributed by atoms with E-state index in [1.165, 1.54) is 0 Å². The van der Waals surface area contributed by atoms with Gasteiger partial charge in [0.2, 0.25) is 5.76 Å². The quantitative estimate of drug-likeness (QED) is 0.169. The fourth-order valence-electron chi connectivity index (χ4n) is 1.93. The Hall–Kier alpha value is -2.00. The van der Waals surface area contributed by atoms with E-state index in [4.69, 9.17) is 15.3 Å². The van der Waals surface area contributed by atoms with Gasteiger partial charge in [0, 0.05) is 0 Å². The SMILES string of the molecule is O=C1O[C@H]([C@H](O)COC(=O)[C@@H](O)[C@H](O)[C@@H](O)[C@@H](O)[C@H](O)CO)C(O)=C1O. The molecule has 1 aliphatic rings. The third-order valence-corrected chi connectivity index (χ3v) is 3.53. The topological polar surface area (TPSA) is 235 Å². The average Bonchev–Trinajstić information content (AvgIpc) is 2.89. The second-order valence-corrected chi connectivity index (χ2v) is 5.42. The molecule has 13 heteroatoms. The van der Waals surface area contributed by atoms with E-state index in [0.29, 0.717) is 0 Å². The zero-order valence-corrected chi connectivity index (χ0v) is 13.1. The van der Waals surface area contributed by atoms with Gasteiger partial charge in [0.1, 0.15) is 37.1 Å². The number of aliphatic hydroxyl groups excluding tert-OH is 9. The molecule has 1 rings (SSSR count). The Morgan fingerprint density at radius 2 is 1.62 bits per heavy atom. The number of rotatable bonds is 9. The number of hydrogen-bond donors (Lipinski definition) is 9. The van der Waals surface area contributed by atoms with Crippen molar-refractivity contribution in [2.45, 2.75) is 42.7 Å². The lowest BCUT2D eigenvalue weighted by Gasteiger charge is -2.27. The number of ether oxygens (including phenoxy) is 2. The van der Waals surface area contributed by atoms with Gasteiger partial charge in [-0.15, -0.1) is 0 Å². The lowest BCUT2D eigenvalue weighted by molar-refractivity contribution is -0.178. The van der Waals surface area contributed by atoms with Crippen LogP contribution in [0.4, 0.5) is 0 Å². The Morgan fingerprint density at radius 3 is 2.08 bits per heavy atom. The summed E-state index contributed by atoms with van der Waals surface area (Å²) in [4.78, 5) is 22.6. The maximum Gasteiger partial charge on any atom is 0.377 e. The van der Waals surface area contributed by atoms with Crippen LogP contribution in [0.3, 0.4) is 0 Å². The first-order valence-electron chi connectivity index (χ1n) is 7.21. The predicted octanol–water partition coefficient (Wildman–Crippen LogP) is -5.06. The number of hydrogen-bond acceptors (Lipinski definition) is 13. The summed E-state index contributed by atoms with van der Waals surface area (Å²) >= 11 is 0. The zero-order valence-electron chi connectivity index (χ0n) is 13.1. The molecule has 0 aliphatic carbocycles. The minimum absolute atomic E-state index is 0.949. The molecule has 0 saturated heterocycles. The van der Waals surface area contributed by atoms with Gasteiger partial charge >= 0.3 is 11.9 Å². The van der Waals surface area contributed by atoms with Gasteiger partial charge in [0.15, 0.2) is 18.0 Å². The van der Waals surface area contributed by atoms with E-state index >= 15 is 0 Å². The zero-order chi connectivity index (χ0) is 20.2. The molecule has 9 N–H and O–H groups in total. The van der Waals surface area contributed by atoms with E-state index in [-0.39, 0.29) is 0 Å². The van der Waals surface area contributed by atoms with Crippen molar-refractivity contribution in [3.8, 4) is 0 Å². The number of esters is 2. The molecule has 13 nitrogen and oxygen atoms in total. The molecule has 0 spiro atoms. The molecule has 0 aromatic carbocycles. The second-order valence-electron chi connectivity index (χ2n) is 5.42. The van der Waals surface area contributed by atoms with Crippen molar-refractivity contribution in [3.05, 3.63) is 11.5 Å². The second kappa shape index (κ2) is 9.09. The van der Waals surface area contributed by atoms with Crippen LogP contribution in [-0.4, -0.2) is 114 Å². The fourth-order valence-corrected chi connectivity index (χ4v) is 1.93. The molecule has 0 fully saturated rings. The first-order valence-corrected chi connectivity index (χ1v) is 7.21. The smallest absolute Gasteiger partial charge is 0.377 e. The van der Waals surface area contributed by atoms with Crippen LogP contribution in [0.1, 0.15) is 0 Å². The molecule has 0 radical (unpaired) electrons.